The van der Waals surface area contributed by atoms with Gasteiger partial charge >= 0.3 is 5.69 Å². The van der Waals surface area contributed by atoms with E-state index in [0.717, 1.165) is 0 Å². The maximum Gasteiger partial charge on any atom is 0.324 e. The molecule has 4 nitrogen and oxygen atoms in total. The SMILES string of the molecule is O=c1[nH]c(-c2ccco2)cc(=S)[nH]1. The van der Waals surface area contributed by atoms with Gasteiger partial charge in [-0.2, -0.15) is 0 Å². The maximum absolute atomic E-state index is 11.0. The Bertz CT molecular complexity index is 481. The van der Waals surface area contributed by atoms with Crippen LogP contribution in [0.1, 0.15) is 0 Å². The summed E-state index contributed by atoms with van der Waals surface area (Å²) in [7, 11) is 0. The van der Waals surface area contributed by atoms with E-state index in [-0.39, 0.29) is 5.69 Å². The Labute approximate surface area is 78.2 Å². The van der Waals surface area contributed by atoms with Crippen LogP contribution in [0.4, 0.5) is 0 Å². The Hall–Kier alpha value is -1.62. The number of nitrogens with one attached hydrogen (secondary N) is 2. The van der Waals surface area contributed by atoms with Crippen molar-refractivity contribution in [2.75, 3.05) is 0 Å². The molecule has 0 atom stereocenters. The molecule has 5 heteroatoms. The average Bonchev–Trinajstić information content (AvgIpc) is 2.53. The number of furan rings is 1. The van der Waals surface area contributed by atoms with Gasteiger partial charge in [0.15, 0.2) is 0 Å². The molecule has 0 amide bonds. The van der Waals surface area contributed by atoms with Gasteiger partial charge in [-0.3, -0.25) is 4.98 Å². The molecule has 0 radical (unpaired) electrons. The first-order valence-corrected chi connectivity index (χ1v) is 4.04. The molecule has 0 aliphatic heterocycles. The van der Waals surface area contributed by atoms with Gasteiger partial charge < -0.3 is 9.40 Å². The van der Waals surface area contributed by atoms with E-state index < -0.39 is 0 Å². The van der Waals surface area contributed by atoms with Crippen LogP contribution in [0.15, 0.2) is 33.7 Å². The third-order valence-electron chi connectivity index (χ3n) is 1.55. The largest absolute Gasteiger partial charge is 0.463 e. The Kier molecular flexibility index (Phi) is 1.86. The zero-order chi connectivity index (χ0) is 9.26. The summed E-state index contributed by atoms with van der Waals surface area (Å²) in [6, 6.07) is 5.13. The van der Waals surface area contributed by atoms with Gasteiger partial charge in [0.05, 0.1) is 12.0 Å². The molecule has 0 spiro atoms. The highest BCUT2D eigenvalue weighted by atomic mass is 32.1. The lowest BCUT2D eigenvalue weighted by Crippen LogP contribution is -2.10. The number of H-pyrrole nitrogens is 2. The van der Waals surface area contributed by atoms with Crippen LogP contribution in [-0.4, -0.2) is 9.97 Å². The summed E-state index contributed by atoms with van der Waals surface area (Å²) in [6.07, 6.45) is 1.54. The number of rotatable bonds is 1. The van der Waals surface area contributed by atoms with Crippen molar-refractivity contribution < 1.29 is 4.42 Å². The predicted molar refractivity (Wildman–Crippen MR) is 49.9 cm³/mol. The summed E-state index contributed by atoms with van der Waals surface area (Å²) in [6.45, 7) is 0. The van der Waals surface area contributed by atoms with Gasteiger partial charge in [-0.25, -0.2) is 4.79 Å². The number of hydrogen-bond acceptors (Lipinski definition) is 3. The van der Waals surface area contributed by atoms with Gasteiger partial charge in [0.1, 0.15) is 10.4 Å². The molecule has 2 rings (SSSR count). The highest BCUT2D eigenvalue weighted by molar-refractivity contribution is 7.71. The van der Waals surface area contributed by atoms with Crippen molar-refractivity contribution in [3.05, 3.63) is 39.6 Å². The van der Waals surface area contributed by atoms with Crippen molar-refractivity contribution in [2.45, 2.75) is 0 Å². The molecule has 0 aliphatic carbocycles. The molecule has 0 saturated heterocycles. The molecule has 66 valence electrons. The summed E-state index contributed by atoms with van der Waals surface area (Å²) in [4.78, 5) is 16.0. The molecule has 0 saturated carbocycles. The minimum atomic E-state index is -0.334. The van der Waals surface area contributed by atoms with Gasteiger partial charge in [0, 0.05) is 6.07 Å². The predicted octanol–water partition coefficient (Wildman–Crippen LogP) is 1.69. The quantitative estimate of drug-likeness (QED) is 0.679. The molecule has 2 N–H and O–H groups in total. The van der Waals surface area contributed by atoms with E-state index in [1.165, 1.54) is 6.26 Å². The first-order chi connectivity index (χ1) is 6.25. The molecular weight excluding hydrogens is 188 g/mol. The van der Waals surface area contributed by atoms with Crippen molar-refractivity contribution >= 4 is 12.2 Å². The molecule has 0 fully saturated rings. The lowest BCUT2D eigenvalue weighted by Gasteiger charge is -1.94. The van der Waals surface area contributed by atoms with E-state index in [2.05, 4.69) is 9.97 Å². The van der Waals surface area contributed by atoms with E-state index >= 15 is 0 Å². The second kappa shape index (κ2) is 3.02. The number of hydrogen-bond donors (Lipinski definition) is 2. The standard InChI is InChI=1S/C8H6N2O2S/c11-8-9-5(4-7(13)10-8)6-2-1-3-12-6/h1-4H,(H2,9,10,11,13). The Balaban J connectivity index is 2.66. The maximum atomic E-state index is 11.0. The van der Waals surface area contributed by atoms with E-state index in [9.17, 15) is 4.79 Å². The first kappa shape index (κ1) is 8.00. The summed E-state index contributed by atoms with van der Waals surface area (Å²) >= 11 is 4.84. The Morgan fingerprint density at radius 2 is 2.23 bits per heavy atom. The van der Waals surface area contributed by atoms with Crippen molar-refractivity contribution in [1.82, 2.24) is 9.97 Å². The molecular formula is C8H6N2O2S. The zero-order valence-electron chi connectivity index (χ0n) is 6.53. The third kappa shape index (κ3) is 1.59. The Morgan fingerprint density at radius 1 is 1.38 bits per heavy atom. The van der Waals surface area contributed by atoms with Crippen LogP contribution in [0.3, 0.4) is 0 Å². The molecule has 2 aromatic heterocycles. The normalized spacial score (nSPS) is 10.2. The van der Waals surface area contributed by atoms with E-state index in [1.54, 1.807) is 18.2 Å². The van der Waals surface area contributed by atoms with Crippen LogP contribution < -0.4 is 5.69 Å². The molecule has 2 aromatic rings. The van der Waals surface area contributed by atoms with Crippen LogP contribution >= 0.6 is 12.2 Å². The summed E-state index contributed by atoms with van der Waals surface area (Å²) < 4.78 is 5.48. The smallest absolute Gasteiger partial charge is 0.324 e. The highest BCUT2D eigenvalue weighted by Crippen LogP contribution is 2.14. The van der Waals surface area contributed by atoms with Crippen molar-refractivity contribution in [3.63, 3.8) is 0 Å². The average molecular weight is 194 g/mol. The van der Waals surface area contributed by atoms with Crippen LogP contribution in [0.5, 0.6) is 0 Å². The molecule has 0 unspecified atom stereocenters. The number of aromatic nitrogens is 2. The Morgan fingerprint density at radius 3 is 2.85 bits per heavy atom. The second-order valence-corrected chi connectivity index (χ2v) is 2.92. The van der Waals surface area contributed by atoms with E-state index in [1.807, 2.05) is 0 Å². The highest BCUT2D eigenvalue weighted by Gasteiger charge is 2.00. The fraction of sp³-hybridized carbons (Fsp3) is 0. The van der Waals surface area contributed by atoms with Gasteiger partial charge in [-0.05, 0) is 12.1 Å². The van der Waals surface area contributed by atoms with Crippen LogP contribution in [0, 0.1) is 4.64 Å². The fourth-order valence-electron chi connectivity index (χ4n) is 1.03. The topological polar surface area (TPSA) is 61.8 Å². The lowest BCUT2D eigenvalue weighted by atomic mass is 10.3. The molecule has 0 aliphatic rings. The van der Waals surface area contributed by atoms with E-state index in [0.29, 0.717) is 16.1 Å². The molecule has 0 bridgehead atoms. The molecule has 13 heavy (non-hydrogen) atoms. The van der Waals surface area contributed by atoms with Crippen LogP contribution in [0.2, 0.25) is 0 Å². The number of aromatic amines is 2. The summed E-state index contributed by atoms with van der Waals surface area (Å²) in [5.41, 5.74) is 0.248. The van der Waals surface area contributed by atoms with Gasteiger partial charge in [-0.1, -0.05) is 12.2 Å². The van der Waals surface area contributed by atoms with Crippen LogP contribution in [-0.2, 0) is 0 Å². The fourth-order valence-corrected chi connectivity index (χ4v) is 1.24. The minimum Gasteiger partial charge on any atom is -0.463 e. The summed E-state index contributed by atoms with van der Waals surface area (Å²) in [5.74, 6) is 0.595. The zero-order valence-corrected chi connectivity index (χ0v) is 7.35. The van der Waals surface area contributed by atoms with Gasteiger partial charge in [-0.15, -0.1) is 0 Å². The summed E-state index contributed by atoms with van der Waals surface area (Å²) in [5, 5.41) is 0. The molecule has 0 aromatic carbocycles. The first-order valence-electron chi connectivity index (χ1n) is 3.63. The molecule has 2 heterocycles. The van der Waals surface area contributed by atoms with Crippen molar-refractivity contribution in [3.8, 4) is 11.5 Å². The third-order valence-corrected chi connectivity index (χ3v) is 1.77. The second-order valence-electron chi connectivity index (χ2n) is 2.48. The van der Waals surface area contributed by atoms with Crippen LogP contribution in [0.25, 0.3) is 11.5 Å². The van der Waals surface area contributed by atoms with Crippen molar-refractivity contribution in [2.24, 2.45) is 0 Å². The van der Waals surface area contributed by atoms with Gasteiger partial charge in [0.25, 0.3) is 0 Å². The lowest BCUT2D eigenvalue weighted by molar-refractivity contribution is 0.579. The van der Waals surface area contributed by atoms with E-state index in [4.69, 9.17) is 16.6 Å². The van der Waals surface area contributed by atoms with Gasteiger partial charge in [0.2, 0.25) is 0 Å². The monoisotopic (exact) mass is 194 g/mol. The van der Waals surface area contributed by atoms with Crippen molar-refractivity contribution in [1.29, 1.82) is 0 Å². The minimum absolute atomic E-state index is 0.334.